The lowest BCUT2D eigenvalue weighted by Gasteiger charge is -2.05. The molecule has 0 saturated heterocycles. The Morgan fingerprint density at radius 2 is 2.00 bits per heavy atom. The van der Waals surface area contributed by atoms with E-state index in [0.717, 1.165) is 6.42 Å². The first-order valence-electron chi connectivity index (χ1n) is 4.76. The van der Waals surface area contributed by atoms with Crippen LogP contribution in [0.15, 0.2) is 61.2 Å². The SMILES string of the molecule is C=C/C=C(\C=C)Cc1ccccc1C. The van der Waals surface area contributed by atoms with Crippen molar-refractivity contribution in [2.45, 2.75) is 13.3 Å². The molecule has 0 amide bonds. The first kappa shape index (κ1) is 10.5. The third kappa shape index (κ3) is 2.74. The molecule has 14 heavy (non-hydrogen) atoms. The molecule has 72 valence electrons. The number of hydrogen-bond donors (Lipinski definition) is 0. The maximum atomic E-state index is 3.79. The Morgan fingerprint density at radius 3 is 2.57 bits per heavy atom. The van der Waals surface area contributed by atoms with Gasteiger partial charge in [-0.05, 0) is 30.0 Å². The van der Waals surface area contributed by atoms with Crippen molar-refractivity contribution >= 4 is 0 Å². The Hall–Kier alpha value is -1.56. The van der Waals surface area contributed by atoms with Gasteiger partial charge in [-0.1, -0.05) is 55.7 Å². The van der Waals surface area contributed by atoms with Crippen molar-refractivity contribution in [1.29, 1.82) is 0 Å². The summed E-state index contributed by atoms with van der Waals surface area (Å²) in [7, 11) is 0. The lowest BCUT2D eigenvalue weighted by atomic mass is 10.0. The largest absolute Gasteiger partial charge is 0.0991 e. The topological polar surface area (TPSA) is 0 Å². The van der Waals surface area contributed by atoms with E-state index in [4.69, 9.17) is 0 Å². The maximum absolute atomic E-state index is 3.79. The Labute approximate surface area is 86.3 Å². The second-order valence-electron chi connectivity index (χ2n) is 3.28. The van der Waals surface area contributed by atoms with Crippen LogP contribution < -0.4 is 0 Å². The van der Waals surface area contributed by atoms with Crippen molar-refractivity contribution in [3.8, 4) is 0 Å². The number of benzene rings is 1. The summed E-state index contributed by atoms with van der Waals surface area (Å²) in [6, 6.07) is 8.40. The predicted molar refractivity (Wildman–Crippen MR) is 63.4 cm³/mol. The summed E-state index contributed by atoms with van der Waals surface area (Å²) in [6.07, 6.45) is 6.62. The third-order valence-electron chi connectivity index (χ3n) is 2.25. The van der Waals surface area contributed by atoms with Crippen LogP contribution in [0.3, 0.4) is 0 Å². The Kier molecular flexibility index (Phi) is 3.93. The van der Waals surface area contributed by atoms with Gasteiger partial charge in [0.05, 0.1) is 0 Å². The van der Waals surface area contributed by atoms with Gasteiger partial charge in [0.25, 0.3) is 0 Å². The zero-order valence-electron chi connectivity index (χ0n) is 8.66. The highest BCUT2D eigenvalue weighted by molar-refractivity contribution is 5.34. The van der Waals surface area contributed by atoms with Crippen LogP contribution in [0.5, 0.6) is 0 Å². The minimum atomic E-state index is 0.933. The molecule has 0 heteroatoms. The molecule has 0 heterocycles. The van der Waals surface area contributed by atoms with Gasteiger partial charge in [0.15, 0.2) is 0 Å². The minimum Gasteiger partial charge on any atom is -0.0991 e. The van der Waals surface area contributed by atoms with E-state index in [1.54, 1.807) is 6.08 Å². The smallest absolute Gasteiger partial charge is 0.00234 e. The van der Waals surface area contributed by atoms with E-state index in [9.17, 15) is 0 Å². The highest BCUT2D eigenvalue weighted by Crippen LogP contribution is 2.13. The molecular weight excluding hydrogens is 168 g/mol. The normalized spacial score (nSPS) is 11.1. The van der Waals surface area contributed by atoms with Crippen molar-refractivity contribution < 1.29 is 0 Å². The lowest BCUT2D eigenvalue weighted by Crippen LogP contribution is -1.90. The highest BCUT2D eigenvalue weighted by atomic mass is 14.0. The van der Waals surface area contributed by atoms with Crippen LogP contribution in [-0.4, -0.2) is 0 Å². The van der Waals surface area contributed by atoms with Crippen molar-refractivity contribution in [3.63, 3.8) is 0 Å². The summed E-state index contributed by atoms with van der Waals surface area (Å²) < 4.78 is 0. The minimum absolute atomic E-state index is 0.933. The first-order valence-corrected chi connectivity index (χ1v) is 4.76. The van der Waals surface area contributed by atoms with Gasteiger partial charge in [-0.25, -0.2) is 0 Å². The first-order chi connectivity index (χ1) is 6.77. The summed E-state index contributed by atoms with van der Waals surface area (Å²) in [6.45, 7) is 9.61. The maximum Gasteiger partial charge on any atom is -0.00234 e. The summed E-state index contributed by atoms with van der Waals surface area (Å²) in [4.78, 5) is 0. The van der Waals surface area contributed by atoms with Gasteiger partial charge in [0.2, 0.25) is 0 Å². The summed E-state index contributed by atoms with van der Waals surface area (Å²) in [5, 5.41) is 0. The van der Waals surface area contributed by atoms with E-state index >= 15 is 0 Å². The lowest BCUT2D eigenvalue weighted by molar-refractivity contribution is 1.16. The molecule has 0 atom stereocenters. The molecule has 0 fully saturated rings. The number of aryl methyl sites for hydroxylation is 1. The van der Waals surface area contributed by atoms with Gasteiger partial charge < -0.3 is 0 Å². The van der Waals surface area contributed by atoms with Crippen LogP contribution in [0.1, 0.15) is 11.1 Å². The van der Waals surface area contributed by atoms with Gasteiger partial charge in [-0.3, -0.25) is 0 Å². The molecule has 0 aliphatic rings. The molecule has 0 nitrogen and oxygen atoms in total. The quantitative estimate of drug-likeness (QED) is 0.624. The molecule has 0 N–H and O–H groups in total. The average molecular weight is 184 g/mol. The van der Waals surface area contributed by atoms with Crippen molar-refractivity contribution in [2.75, 3.05) is 0 Å². The van der Waals surface area contributed by atoms with Crippen LogP contribution in [0.25, 0.3) is 0 Å². The fourth-order valence-corrected chi connectivity index (χ4v) is 1.38. The second-order valence-corrected chi connectivity index (χ2v) is 3.28. The highest BCUT2D eigenvalue weighted by Gasteiger charge is 1.97. The number of allylic oxidation sites excluding steroid dienone is 4. The van der Waals surface area contributed by atoms with Gasteiger partial charge in [0, 0.05) is 0 Å². The van der Waals surface area contributed by atoms with Crippen LogP contribution >= 0.6 is 0 Å². The average Bonchev–Trinajstić information content (AvgIpc) is 2.20. The van der Waals surface area contributed by atoms with Crippen LogP contribution in [0.2, 0.25) is 0 Å². The van der Waals surface area contributed by atoms with E-state index < -0.39 is 0 Å². The van der Waals surface area contributed by atoms with E-state index in [1.165, 1.54) is 16.7 Å². The molecule has 0 saturated carbocycles. The molecule has 0 unspecified atom stereocenters. The van der Waals surface area contributed by atoms with Gasteiger partial charge in [-0.15, -0.1) is 0 Å². The van der Waals surface area contributed by atoms with Crippen LogP contribution in [0.4, 0.5) is 0 Å². The standard InChI is InChI=1S/C14H16/c1-4-8-13(5-2)11-14-10-7-6-9-12(14)3/h4-10H,1-2,11H2,3H3/b13-8+. The van der Waals surface area contributed by atoms with E-state index in [1.807, 2.05) is 12.2 Å². The molecule has 1 aromatic carbocycles. The van der Waals surface area contributed by atoms with Crippen molar-refractivity contribution in [2.24, 2.45) is 0 Å². The summed E-state index contributed by atoms with van der Waals surface area (Å²) >= 11 is 0. The molecule has 0 aliphatic carbocycles. The molecule has 0 radical (unpaired) electrons. The molecular formula is C14H16. The second kappa shape index (κ2) is 5.23. The predicted octanol–water partition coefficient (Wildman–Crippen LogP) is 3.84. The van der Waals surface area contributed by atoms with E-state index in [0.29, 0.717) is 0 Å². The Balaban J connectivity index is 2.87. The third-order valence-corrected chi connectivity index (χ3v) is 2.25. The molecule has 0 aliphatic heterocycles. The summed E-state index contributed by atoms with van der Waals surface area (Å²) in [5.41, 5.74) is 3.87. The Morgan fingerprint density at radius 1 is 1.29 bits per heavy atom. The van der Waals surface area contributed by atoms with Crippen LogP contribution in [0, 0.1) is 6.92 Å². The summed E-state index contributed by atoms with van der Waals surface area (Å²) in [5.74, 6) is 0. The van der Waals surface area contributed by atoms with E-state index in [2.05, 4.69) is 44.3 Å². The molecule has 1 rings (SSSR count). The molecule has 0 spiro atoms. The molecule has 1 aromatic rings. The monoisotopic (exact) mass is 184 g/mol. The van der Waals surface area contributed by atoms with Crippen molar-refractivity contribution in [1.82, 2.24) is 0 Å². The van der Waals surface area contributed by atoms with Gasteiger partial charge >= 0.3 is 0 Å². The van der Waals surface area contributed by atoms with Gasteiger partial charge in [0.1, 0.15) is 0 Å². The van der Waals surface area contributed by atoms with E-state index in [-0.39, 0.29) is 0 Å². The Bertz CT molecular complexity index is 356. The van der Waals surface area contributed by atoms with Crippen molar-refractivity contribution in [3.05, 3.63) is 72.4 Å². The zero-order valence-corrected chi connectivity index (χ0v) is 8.66. The van der Waals surface area contributed by atoms with Gasteiger partial charge in [-0.2, -0.15) is 0 Å². The molecule has 0 aromatic heterocycles. The fraction of sp³-hybridized carbons (Fsp3) is 0.143. The van der Waals surface area contributed by atoms with Crippen LogP contribution in [-0.2, 0) is 6.42 Å². The number of hydrogen-bond acceptors (Lipinski definition) is 0. The number of rotatable bonds is 4. The fourth-order valence-electron chi connectivity index (χ4n) is 1.38. The zero-order chi connectivity index (χ0) is 10.4. The molecule has 0 bridgehead atoms.